The molecule has 140 valence electrons. The number of hydrogen-bond acceptors (Lipinski definition) is 9. The zero-order chi connectivity index (χ0) is 19.3. The summed E-state index contributed by atoms with van der Waals surface area (Å²) in [7, 11) is 0. The smallest absolute Gasteiger partial charge is 0.375 e. The number of cyclic esters (lactones) is 1. The van der Waals surface area contributed by atoms with Gasteiger partial charge in [-0.05, 0) is 24.3 Å². The first kappa shape index (κ1) is 18.0. The van der Waals surface area contributed by atoms with Crippen molar-refractivity contribution in [3.05, 3.63) is 64.2 Å². The molecule has 4 aromatic rings. The molecular weight excluding hydrogens is 432 g/mol. The van der Waals surface area contributed by atoms with Gasteiger partial charge < -0.3 is 9.84 Å². The number of para-hydroxylation sites is 2. The Morgan fingerprint density at radius 2 is 1.68 bits per heavy atom. The highest BCUT2D eigenvalue weighted by molar-refractivity contribution is 8.04. The van der Waals surface area contributed by atoms with Gasteiger partial charge in [-0.15, -0.1) is 22.7 Å². The number of nitrogens with zero attached hydrogens (tertiary/aromatic N) is 2. The van der Waals surface area contributed by atoms with E-state index >= 15 is 0 Å². The fourth-order valence-corrected chi connectivity index (χ4v) is 6.63. The fourth-order valence-electron chi connectivity index (χ4n) is 2.91. The Labute approximate surface area is 177 Å². The molecule has 3 heterocycles. The van der Waals surface area contributed by atoms with Crippen LogP contribution in [0.1, 0.15) is 10.3 Å². The van der Waals surface area contributed by atoms with Crippen LogP contribution >= 0.6 is 47.1 Å². The molecule has 2 aromatic carbocycles. The number of ether oxygens (including phenoxy) is 1. The average molecular weight is 445 g/mol. The highest BCUT2D eigenvalue weighted by atomic mass is 32.2. The second kappa shape index (κ2) is 7.07. The number of esters is 1. The van der Waals surface area contributed by atoms with Crippen molar-refractivity contribution in [2.75, 3.05) is 0 Å². The van der Waals surface area contributed by atoms with Gasteiger partial charge in [0.2, 0.25) is 5.76 Å². The third-order valence-electron chi connectivity index (χ3n) is 4.24. The summed E-state index contributed by atoms with van der Waals surface area (Å²) in [6.45, 7) is 0. The first-order chi connectivity index (χ1) is 13.6. The number of aliphatic hydroxyl groups excluding tert-OH is 1. The summed E-state index contributed by atoms with van der Waals surface area (Å²) in [5, 5.41) is 10.6. The van der Waals surface area contributed by atoms with Crippen molar-refractivity contribution in [1.82, 2.24) is 9.97 Å². The number of thiazole rings is 2. The monoisotopic (exact) mass is 444 g/mol. The normalized spacial score (nSPS) is 18.2. The number of hydrogen-bond donors (Lipinski definition) is 2. The predicted octanol–water partition coefficient (Wildman–Crippen LogP) is 5.36. The lowest BCUT2D eigenvalue weighted by molar-refractivity contribution is -0.142. The van der Waals surface area contributed by atoms with Crippen LogP contribution < -0.4 is 0 Å². The maximum atomic E-state index is 12.1. The van der Waals surface area contributed by atoms with Crippen LogP contribution in [0.5, 0.6) is 0 Å². The molecule has 0 radical (unpaired) electrons. The number of carbonyl (C=O) groups excluding carboxylic acids is 1. The van der Waals surface area contributed by atoms with Crippen LogP contribution in [0.3, 0.4) is 0 Å². The Bertz CT molecular complexity index is 1180. The van der Waals surface area contributed by atoms with Gasteiger partial charge in [-0.3, -0.25) is 0 Å². The van der Waals surface area contributed by atoms with Gasteiger partial charge >= 0.3 is 5.97 Å². The van der Waals surface area contributed by atoms with Crippen molar-refractivity contribution in [3.8, 4) is 0 Å². The second-order valence-electron chi connectivity index (χ2n) is 6.05. The number of thiol groups is 1. The Kier molecular flexibility index (Phi) is 4.54. The van der Waals surface area contributed by atoms with Gasteiger partial charge in [0, 0.05) is 0 Å². The summed E-state index contributed by atoms with van der Waals surface area (Å²) < 4.78 is 8.24. The molecule has 0 aliphatic carbocycles. The number of fused-ring (bicyclic) bond motifs is 2. The Hall–Kier alpha value is -2.07. The highest BCUT2D eigenvalue weighted by Crippen LogP contribution is 2.46. The molecule has 28 heavy (non-hydrogen) atoms. The summed E-state index contributed by atoms with van der Waals surface area (Å²) in [6, 6.07) is 15.6. The van der Waals surface area contributed by atoms with Crippen molar-refractivity contribution in [1.29, 1.82) is 0 Å². The molecule has 2 unspecified atom stereocenters. The Morgan fingerprint density at radius 3 is 2.36 bits per heavy atom. The zero-order valence-electron chi connectivity index (χ0n) is 14.1. The Balaban J connectivity index is 1.48. The molecule has 0 saturated carbocycles. The van der Waals surface area contributed by atoms with Gasteiger partial charge in [0.1, 0.15) is 5.01 Å². The number of thioether (sulfide) groups is 1. The van der Waals surface area contributed by atoms with Crippen LogP contribution in [-0.4, -0.2) is 27.1 Å². The number of carbonyl (C=O) groups is 1. The van der Waals surface area contributed by atoms with Crippen LogP contribution in [0.25, 0.3) is 20.4 Å². The van der Waals surface area contributed by atoms with Crippen molar-refractivity contribution < 1.29 is 14.6 Å². The predicted molar refractivity (Wildman–Crippen MR) is 116 cm³/mol. The third-order valence-corrected chi connectivity index (χ3v) is 8.29. The summed E-state index contributed by atoms with van der Waals surface area (Å²) >= 11 is 8.93. The van der Waals surface area contributed by atoms with Gasteiger partial charge in [0.25, 0.3) is 0 Å². The van der Waals surface area contributed by atoms with Gasteiger partial charge in [-0.1, -0.05) is 36.0 Å². The molecule has 2 atom stereocenters. The molecule has 0 saturated heterocycles. The van der Waals surface area contributed by atoms with E-state index in [0.29, 0.717) is 4.91 Å². The molecular formula is C19H12N2O3S4. The molecule has 5 nitrogen and oxygen atoms in total. The molecule has 2 aromatic heterocycles. The third kappa shape index (κ3) is 3.08. The summed E-state index contributed by atoms with van der Waals surface area (Å²) in [5.74, 6) is -1.12. The minimum absolute atomic E-state index is 0.380. The molecule has 1 aliphatic rings. The van der Waals surface area contributed by atoms with E-state index in [9.17, 15) is 9.90 Å². The molecule has 0 amide bonds. The van der Waals surface area contributed by atoms with Crippen LogP contribution in [0, 0.1) is 0 Å². The largest absolute Gasteiger partial charge is 0.501 e. The highest BCUT2D eigenvalue weighted by Gasteiger charge is 2.41. The minimum atomic E-state index is -0.742. The molecule has 0 fully saturated rings. The number of aromatic nitrogens is 2. The van der Waals surface area contributed by atoms with E-state index in [-0.39, 0.29) is 5.76 Å². The quantitative estimate of drug-likeness (QED) is 0.326. The van der Waals surface area contributed by atoms with E-state index in [2.05, 4.69) is 22.6 Å². The lowest BCUT2D eigenvalue weighted by atomic mass is 10.2. The maximum absolute atomic E-state index is 12.1. The minimum Gasteiger partial charge on any atom is -0.501 e. The standard InChI is InChI=1S/C19H12N2O3S4/c22-13-16(28-19-21-10-6-2-4-8-12(10)27-19)14(24-18(13)23)15(25)17-20-9-5-1-3-7-11(9)26-17/h1-8,14-15,22,25H. The lowest BCUT2D eigenvalue weighted by Crippen LogP contribution is -2.17. The molecule has 0 spiro atoms. The summed E-state index contributed by atoms with van der Waals surface area (Å²) in [5.41, 5.74) is 1.75. The molecule has 1 aliphatic heterocycles. The van der Waals surface area contributed by atoms with Crippen molar-refractivity contribution in [2.24, 2.45) is 0 Å². The van der Waals surface area contributed by atoms with E-state index < -0.39 is 17.3 Å². The lowest BCUT2D eigenvalue weighted by Gasteiger charge is -2.17. The topological polar surface area (TPSA) is 72.3 Å². The van der Waals surface area contributed by atoms with Gasteiger partial charge in [-0.25, -0.2) is 14.8 Å². The van der Waals surface area contributed by atoms with E-state index in [1.807, 2.05) is 48.5 Å². The number of aliphatic hydroxyl groups is 1. The average Bonchev–Trinajstić information content (AvgIpc) is 3.38. The fraction of sp³-hybridized carbons (Fsp3) is 0.105. The number of benzene rings is 2. The second-order valence-corrected chi connectivity index (χ2v) is 9.99. The van der Waals surface area contributed by atoms with Crippen molar-refractivity contribution >= 4 is 73.5 Å². The van der Waals surface area contributed by atoms with Crippen molar-refractivity contribution in [3.63, 3.8) is 0 Å². The first-order valence-corrected chi connectivity index (χ1v) is 11.3. The van der Waals surface area contributed by atoms with E-state index in [4.69, 9.17) is 4.74 Å². The maximum Gasteiger partial charge on any atom is 0.375 e. The van der Waals surface area contributed by atoms with Gasteiger partial charge in [0.05, 0.1) is 30.6 Å². The number of rotatable bonds is 4. The summed E-state index contributed by atoms with van der Waals surface area (Å²) in [6.07, 6.45) is -0.714. The van der Waals surface area contributed by atoms with Crippen LogP contribution in [0.15, 0.2) is 63.5 Å². The zero-order valence-corrected chi connectivity index (χ0v) is 17.4. The van der Waals surface area contributed by atoms with Gasteiger partial charge in [0.15, 0.2) is 10.4 Å². The van der Waals surface area contributed by atoms with Crippen molar-refractivity contribution in [2.45, 2.75) is 15.7 Å². The molecule has 1 N–H and O–H groups in total. The van der Waals surface area contributed by atoms with Crippen LogP contribution in [-0.2, 0) is 9.53 Å². The van der Waals surface area contributed by atoms with E-state index in [0.717, 1.165) is 29.8 Å². The molecule has 0 bridgehead atoms. The first-order valence-electron chi connectivity index (χ1n) is 8.31. The van der Waals surface area contributed by atoms with Crippen LogP contribution in [0.2, 0.25) is 0 Å². The van der Waals surface area contributed by atoms with Crippen LogP contribution in [0.4, 0.5) is 0 Å². The molecule has 5 rings (SSSR count). The van der Waals surface area contributed by atoms with Gasteiger partial charge in [-0.2, -0.15) is 12.6 Å². The van der Waals surface area contributed by atoms with E-state index in [1.165, 1.54) is 34.4 Å². The Morgan fingerprint density at radius 1 is 1.04 bits per heavy atom. The summed E-state index contributed by atoms with van der Waals surface area (Å²) in [4.78, 5) is 21.6. The SMILES string of the molecule is O=C1OC(C(S)c2nc3ccccc3s2)C(Sc2nc3ccccc3s2)=C1O. The van der Waals surface area contributed by atoms with E-state index in [1.54, 1.807) is 0 Å². The molecule has 9 heteroatoms.